The van der Waals surface area contributed by atoms with E-state index in [1.165, 1.54) is 5.56 Å². The van der Waals surface area contributed by atoms with Gasteiger partial charge in [0.15, 0.2) is 0 Å². The molecule has 2 saturated heterocycles. The summed E-state index contributed by atoms with van der Waals surface area (Å²) in [5.41, 5.74) is 1.53. The van der Waals surface area contributed by atoms with Gasteiger partial charge in [0.1, 0.15) is 5.60 Å². The Bertz CT molecular complexity index is 629. The lowest BCUT2D eigenvalue weighted by Crippen LogP contribution is -2.13. The molecule has 1 aromatic carbocycles. The second-order valence-electron chi connectivity index (χ2n) is 8.02. The molecule has 3 nitrogen and oxygen atoms in total. The molecule has 0 aliphatic carbocycles. The minimum atomic E-state index is -0.120. The summed E-state index contributed by atoms with van der Waals surface area (Å²) in [6, 6.07) is 11.0. The number of allylic oxidation sites excluding steroid dienone is 3. The lowest BCUT2D eigenvalue weighted by Gasteiger charge is -2.20. The second-order valence-corrected chi connectivity index (χ2v) is 8.02. The first-order valence-electron chi connectivity index (χ1n) is 9.30. The van der Waals surface area contributed by atoms with Crippen molar-refractivity contribution in [3.63, 3.8) is 0 Å². The van der Waals surface area contributed by atoms with Crippen molar-refractivity contribution >= 4 is 6.21 Å². The van der Waals surface area contributed by atoms with Crippen molar-refractivity contribution in [3.8, 4) is 0 Å². The molecule has 25 heavy (non-hydrogen) atoms. The molecule has 0 bridgehead atoms. The molecule has 0 N–H and O–H groups in total. The van der Waals surface area contributed by atoms with Crippen LogP contribution in [0, 0.1) is 5.41 Å². The van der Waals surface area contributed by atoms with Crippen LogP contribution in [0.3, 0.4) is 0 Å². The highest BCUT2D eigenvalue weighted by molar-refractivity contribution is 5.72. The lowest BCUT2D eigenvalue weighted by atomic mass is 9.85. The molecule has 2 aliphatic rings. The van der Waals surface area contributed by atoms with Crippen molar-refractivity contribution in [2.45, 2.75) is 51.2 Å². The SMILES string of the molecule is C=CCC(C)(C)C/C=C/CCC1(/C=N/N2CC2c2ccccc2)CO1. The number of benzene rings is 1. The van der Waals surface area contributed by atoms with E-state index in [0.29, 0.717) is 11.5 Å². The van der Waals surface area contributed by atoms with Crippen molar-refractivity contribution in [1.82, 2.24) is 5.01 Å². The summed E-state index contributed by atoms with van der Waals surface area (Å²) >= 11 is 0. The molecule has 0 aromatic heterocycles. The first-order chi connectivity index (χ1) is 12.0. The third-order valence-electron chi connectivity index (χ3n) is 5.00. The first kappa shape index (κ1) is 17.9. The summed E-state index contributed by atoms with van der Waals surface area (Å²) < 4.78 is 5.68. The van der Waals surface area contributed by atoms with Crippen LogP contribution in [0.15, 0.2) is 60.2 Å². The molecule has 0 spiro atoms. The van der Waals surface area contributed by atoms with Crippen LogP contribution in [0.1, 0.15) is 51.1 Å². The zero-order chi connectivity index (χ0) is 17.8. The Balaban J connectivity index is 1.40. The molecule has 2 unspecified atom stereocenters. The van der Waals surface area contributed by atoms with E-state index >= 15 is 0 Å². The van der Waals surface area contributed by atoms with E-state index in [1.807, 2.05) is 12.3 Å². The lowest BCUT2D eigenvalue weighted by molar-refractivity contribution is 0.355. The van der Waals surface area contributed by atoms with Crippen molar-refractivity contribution in [1.29, 1.82) is 0 Å². The van der Waals surface area contributed by atoms with Gasteiger partial charge < -0.3 is 4.74 Å². The van der Waals surface area contributed by atoms with Gasteiger partial charge in [0.05, 0.1) is 25.4 Å². The Labute approximate surface area is 152 Å². The Kier molecular flexibility index (Phi) is 5.43. The van der Waals surface area contributed by atoms with Crippen molar-refractivity contribution in [2.75, 3.05) is 13.2 Å². The summed E-state index contributed by atoms with van der Waals surface area (Å²) in [4.78, 5) is 0. The van der Waals surface area contributed by atoms with E-state index in [0.717, 1.165) is 38.8 Å². The number of epoxide rings is 1. The van der Waals surface area contributed by atoms with E-state index in [4.69, 9.17) is 4.74 Å². The van der Waals surface area contributed by atoms with Gasteiger partial charge in [-0.05, 0) is 36.7 Å². The van der Waals surface area contributed by atoms with E-state index in [9.17, 15) is 0 Å². The van der Waals surface area contributed by atoms with Crippen LogP contribution in [0.2, 0.25) is 0 Å². The zero-order valence-electron chi connectivity index (χ0n) is 15.5. The van der Waals surface area contributed by atoms with Crippen LogP contribution in [0.25, 0.3) is 0 Å². The topological polar surface area (TPSA) is 27.9 Å². The highest BCUT2D eigenvalue weighted by atomic mass is 16.6. The van der Waals surface area contributed by atoms with E-state index < -0.39 is 0 Å². The fourth-order valence-electron chi connectivity index (χ4n) is 3.09. The van der Waals surface area contributed by atoms with E-state index in [1.54, 1.807) is 0 Å². The Morgan fingerprint density at radius 3 is 2.72 bits per heavy atom. The molecule has 2 fully saturated rings. The predicted octanol–water partition coefficient (Wildman–Crippen LogP) is 5.13. The van der Waals surface area contributed by atoms with Gasteiger partial charge in [-0.25, -0.2) is 0 Å². The van der Waals surface area contributed by atoms with Crippen LogP contribution in [-0.4, -0.2) is 30.0 Å². The number of nitrogens with zero attached hydrogens (tertiary/aromatic N) is 2. The number of hydrazone groups is 1. The molecule has 0 radical (unpaired) electrons. The van der Waals surface area contributed by atoms with Gasteiger partial charge in [-0.3, -0.25) is 5.01 Å². The Hall–Kier alpha value is -1.87. The smallest absolute Gasteiger partial charge is 0.129 e. The van der Waals surface area contributed by atoms with Gasteiger partial charge in [-0.15, -0.1) is 6.58 Å². The predicted molar refractivity (Wildman–Crippen MR) is 105 cm³/mol. The van der Waals surface area contributed by atoms with Gasteiger partial charge >= 0.3 is 0 Å². The monoisotopic (exact) mass is 338 g/mol. The summed E-state index contributed by atoms with van der Waals surface area (Å²) in [6.45, 7) is 10.2. The van der Waals surface area contributed by atoms with Gasteiger partial charge in [0, 0.05) is 0 Å². The highest BCUT2D eigenvalue weighted by Gasteiger charge is 2.44. The first-order valence-corrected chi connectivity index (χ1v) is 9.30. The molecular formula is C22H30N2O. The normalized spacial score (nSPS) is 25.7. The van der Waals surface area contributed by atoms with Crippen molar-refractivity contribution in [3.05, 3.63) is 60.7 Å². The van der Waals surface area contributed by atoms with E-state index in [2.05, 4.69) is 73.0 Å². The third kappa shape index (κ3) is 5.30. The summed E-state index contributed by atoms with van der Waals surface area (Å²) in [7, 11) is 0. The van der Waals surface area contributed by atoms with Crippen LogP contribution in [0.5, 0.6) is 0 Å². The maximum atomic E-state index is 5.68. The second kappa shape index (κ2) is 7.57. The third-order valence-corrected chi connectivity index (χ3v) is 5.00. The fourth-order valence-corrected chi connectivity index (χ4v) is 3.09. The van der Waals surface area contributed by atoms with Crippen LogP contribution in [-0.2, 0) is 4.74 Å². The molecule has 2 aliphatic heterocycles. The molecule has 1 aromatic rings. The van der Waals surface area contributed by atoms with Gasteiger partial charge in [0.2, 0.25) is 0 Å². The van der Waals surface area contributed by atoms with Crippen molar-refractivity contribution < 1.29 is 4.74 Å². The number of hydrogen-bond acceptors (Lipinski definition) is 3. The van der Waals surface area contributed by atoms with Gasteiger partial charge in [0.25, 0.3) is 0 Å². The highest BCUT2D eigenvalue weighted by Crippen LogP contribution is 2.36. The average Bonchev–Trinajstić information content (AvgIpc) is 3.49. The molecule has 0 saturated carbocycles. The number of hydrogen-bond donors (Lipinski definition) is 0. The quantitative estimate of drug-likeness (QED) is 0.336. The van der Waals surface area contributed by atoms with E-state index in [-0.39, 0.29) is 5.60 Å². The van der Waals surface area contributed by atoms with Crippen LogP contribution in [0.4, 0.5) is 0 Å². The Morgan fingerprint density at radius 1 is 1.28 bits per heavy atom. The Morgan fingerprint density at radius 2 is 2.04 bits per heavy atom. The molecule has 2 atom stereocenters. The molecule has 2 heterocycles. The molecule has 0 amide bonds. The molecular weight excluding hydrogens is 308 g/mol. The number of rotatable bonds is 10. The molecule has 3 rings (SSSR count). The van der Waals surface area contributed by atoms with Crippen LogP contribution < -0.4 is 0 Å². The molecule has 3 heteroatoms. The van der Waals surface area contributed by atoms with Gasteiger partial charge in [-0.2, -0.15) is 5.10 Å². The standard InChI is InChI=1S/C22H30N2O/c1-4-13-21(2,3)14-9-6-10-15-22(18-25-22)17-23-24-16-20(24)19-11-7-5-8-12-19/h4-9,11-12,17,20H,1,10,13-16,18H2,2-3H3/b9-6+,23-17+. The zero-order valence-corrected chi connectivity index (χ0v) is 15.5. The maximum absolute atomic E-state index is 5.68. The fraction of sp³-hybridized carbons (Fsp3) is 0.500. The number of ether oxygens (including phenoxy) is 1. The molecule has 134 valence electrons. The summed E-state index contributed by atoms with van der Waals surface area (Å²) in [5, 5.41) is 6.77. The summed E-state index contributed by atoms with van der Waals surface area (Å²) in [5.74, 6) is 0. The minimum absolute atomic E-state index is 0.120. The van der Waals surface area contributed by atoms with Crippen molar-refractivity contribution in [2.24, 2.45) is 10.5 Å². The van der Waals surface area contributed by atoms with Crippen LogP contribution >= 0.6 is 0 Å². The summed E-state index contributed by atoms with van der Waals surface area (Å²) in [6.07, 6.45) is 12.8. The largest absolute Gasteiger partial charge is 0.363 e. The van der Waals surface area contributed by atoms with Gasteiger partial charge in [-0.1, -0.05) is 62.4 Å². The average molecular weight is 338 g/mol. The maximum Gasteiger partial charge on any atom is 0.129 e. The minimum Gasteiger partial charge on any atom is -0.363 e.